The molecule has 0 aliphatic rings. The second kappa shape index (κ2) is 9.57. The summed E-state index contributed by atoms with van der Waals surface area (Å²) >= 11 is 1.52. The van der Waals surface area contributed by atoms with Crippen LogP contribution in [0.2, 0.25) is 0 Å². The zero-order valence-corrected chi connectivity index (χ0v) is 16.0. The Kier molecular flexibility index (Phi) is 8.11. The predicted molar refractivity (Wildman–Crippen MR) is 99.2 cm³/mol. The molecule has 134 valence electrons. The molecule has 2 amide bonds. The molecule has 0 aliphatic carbocycles. The number of benzene rings is 1. The Morgan fingerprint density at radius 1 is 1.12 bits per heavy atom. The SMILES string of the molecule is CC(C)CCOc1ccc(C(=O)NNC(=O)CSC(C)(C)C)cc1. The van der Waals surface area contributed by atoms with Gasteiger partial charge in [-0.25, -0.2) is 0 Å². The number of carbonyl (C=O) groups is 2. The number of amides is 2. The molecule has 0 unspecified atom stereocenters. The number of hydrogen-bond acceptors (Lipinski definition) is 4. The monoisotopic (exact) mass is 352 g/mol. The number of ether oxygens (including phenoxy) is 1. The van der Waals surface area contributed by atoms with Crippen LogP contribution in [0, 0.1) is 5.92 Å². The van der Waals surface area contributed by atoms with Gasteiger partial charge in [0.15, 0.2) is 0 Å². The molecule has 0 spiro atoms. The summed E-state index contributed by atoms with van der Waals surface area (Å²) in [6, 6.07) is 6.87. The van der Waals surface area contributed by atoms with Gasteiger partial charge in [-0.1, -0.05) is 34.6 Å². The van der Waals surface area contributed by atoms with Gasteiger partial charge in [-0.3, -0.25) is 20.4 Å². The van der Waals surface area contributed by atoms with Crippen molar-refractivity contribution in [1.29, 1.82) is 0 Å². The van der Waals surface area contributed by atoms with Crippen molar-refractivity contribution in [1.82, 2.24) is 10.9 Å². The standard InChI is InChI=1S/C18H28N2O3S/c1-13(2)10-11-23-15-8-6-14(7-9-15)17(22)20-19-16(21)12-24-18(3,4)5/h6-9,13H,10-12H2,1-5H3,(H,19,21)(H,20,22). The van der Waals surface area contributed by atoms with Gasteiger partial charge in [0.25, 0.3) is 5.91 Å². The number of hydrogen-bond donors (Lipinski definition) is 2. The van der Waals surface area contributed by atoms with Crippen molar-refractivity contribution < 1.29 is 14.3 Å². The van der Waals surface area contributed by atoms with Crippen LogP contribution in [-0.4, -0.2) is 28.9 Å². The molecule has 1 rings (SSSR count). The molecule has 2 N–H and O–H groups in total. The number of hydrazine groups is 1. The van der Waals surface area contributed by atoms with E-state index in [1.807, 2.05) is 20.8 Å². The highest BCUT2D eigenvalue weighted by atomic mass is 32.2. The molecule has 1 aromatic rings. The largest absolute Gasteiger partial charge is 0.494 e. The fourth-order valence-corrected chi connectivity index (χ4v) is 2.27. The zero-order valence-electron chi connectivity index (χ0n) is 15.1. The van der Waals surface area contributed by atoms with Gasteiger partial charge in [0.05, 0.1) is 12.4 Å². The predicted octanol–water partition coefficient (Wildman–Crippen LogP) is 3.40. The molecule has 0 atom stereocenters. The lowest BCUT2D eigenvalue weighted by molar-refractivity contribution is -0.119. The third-order valence-corrected chi connectivity index (χ3v) is 4.30. The summed E-state index contributed by atoms with van der Waals surface area (Å²) in [5.74, 6) is 1.05. The zero-order chi connectivity index (χ0) is 18.2. The maximum Gasteiger partial charge on any atom is 0.269 e. The van der Waals surface area contributed by atoms with E-state index >= 15 is 0 Å². The number of thioether (sulfide) groups is 1. The van der Waals surface area contributed by atoms with Gasteiger partial charge in [0.1, 0.15) is 5.75 Å². The van der Waals surface area contributed by atoms with Gasteiger partial charge >= 0.3 is 0 Å². The minimum Gasteiger partial charge on any atom is -0.494 e. The van der Waals surface area contributed by atoms with E-state index in [9.17, 15) is 9.59 Å². The maximum atomic E-state index is 12.0. The van der Waals surface area contributed by atoms with E-state index in [4.69, 9.17) is 4.74 Å². The van der Waals surface area contributed by atoms with Crippen molar-refractivity contribution in [2.75, 3.05) is 12.4 Å². The minimum absolute atomic E-state index is 0.00670. The number of nitrogens with one attached hydrogen (secondary N) is 2. The normalized spacial score (nSPS) is 11.2. The molecule has 0 aromatic heterocycles. The van der Waals surface area contributed by atoms with Crippen LogP contribution in [0.4, 0.5) is 0 Å². The fourth-order valence-electron chi connectivity index (χ4n) is 1.63. The topological polar surface area (TPSA) is 67.4 Å². The van der Waals surface area contributed by atoms with Crippen molar-refractivity contribution in [3.8, 4) is 5.75 Å². The molecular weight excluding hydrogens is 324 g/mol. The van der Waals surface area contributed by atoms with Gasteiger partial charge in [0.2, 0.25) is 5.91 Å². The Bertz CT molecular complexity index is 536. The first-order chi connectivity index (χ1) is 11.2. The lowest BCUT2D eigenvalue weighted by Gasteiger charge is -2.17. The van der Waals surface area contributed by atoms with Crippen molar-refractivity contribution in [2.45, 2.75) is 45.8 Å². The third-order valence-electron chi connectivity index (χ3n) is 3.03. The van der Waals surface area contributed by atoms with Gasteiger partial charge in [-0.15, -0.1) is 11.8 Å². The molecule has 0 heterocycles. The smallest absolute Gasteiger partial charge is 0.269 e. The Morgan fingerprint density at radius 3 is 2.29 bits per heavy atom. The lowest BCUT2D eigenvalue weighted by Crippen LogP contribution is -2.42. The summed E-state index contributed by atoms with van der Waals surface area (Å²) in [7, 11) is 0. The number of rotatable bonds is 7. The third kappa shape index (κ3) is 8.82. The van der Waals surface area contributed by atoms with Crippen LogP contribution in [0.1, 0.15) is 51.4 Å². The van der Waals surface area contributed by atoms with E-state index in [1.165, 1.54) is 11.8 Å². The van der Waals surface area contributed by atoms with E-state index < -0.39 is 0 Å². The van der Waals surface area contributed by atoms with Crippen molar-refractivity contribution in [3.63, 3.8) is 0 Å². The maximum absolute atomic E-state index is 12.0. The molecule has 0 radical (unpaired) electrons. The lowest BCUT2D eigenvalue weighted by atomic mass is 10.1. The van der Waals surface area contributed by atoms with Crippen LogP contribution in [0.5, 0.6) is 5.75 Å². The van der Waals surface area contributed by atoms with Gasteiger partial charge < -0.3 is 4.74 Å². The van der Waals surface area contributed by atoms with E-state index in [0.29, 0.717) is 23.8 Å². The van der Waals surface area contributed by atoms with E-state index in [0.717, 1.165) is 12.2 Å². The van der Waals surface area contributed by atoms with E-state index in [-0.39, 0.29) is 16.6 Å². The first-order valence-electron chi connectivity index (χ1n) is 8.13. The highest BCUT2D eigenvalue weighted by Crippen LogP contribution is 2.22. The number of carbonyl (C=O) groups excluding carboxylic acids is 2. The van der Waals surface area contributed by atoms with Crippen LogP contribution in [0.25, 0.3) is 0 Å². The molecular formula is C18H28N2O3S. The highest BCUT2D eigenvalue weighted by molar-refractivity contribution is 8.01. The van der Waals surface area contributed by atoms with Gasteiger partial charge in [-0.2, -0.15) is 0 Å². The van der Waals surface area contributed by atoms with Crippen molar-refractivity contribution in [2.24, 2.45) is 5.92 Å². The summed E-state index contributed by atoms with van der Waals surface area (Å²) in [5.41, 5.74) is 5.31. The summed E-state index contributed by atoms with van der Waals surface area (Å²) in [6.07, 6.45) is 0.987. The second-order valence-corrected chi connectivity index (χ2v) is 8.76. The summed E-state index contributed by atoms with van der Waals surface area (Å²) < 4.78 is 5.62. The highest BCUT2D eigenvalue weighted by Gasteiger charge is 2.14. The molecule has 5 nitrogen and oxygen atoms in total. The molecule has 0 aliphatic heterocycles. The molecule has 6 heteroatoms. The fraction of sp³-hybridized carbons (Fsp3) is 0.556. The first kappa shape index (κ1) is 20.4. The average molecular weight is 353 g/mol. The van der Waals surface area contributed by atoms with Crippen LogP contribution in [0.3, 0.4) is 0 Å². The molecule has 0 saturated carbocycles. The van der Waals surface area contributed by atoms with Crippen molar-refractivity contribution in [3.05, 3.63) is 29.8 Å². The average Bonchev–Trinajstić information content (AvgIpc) is 2.50. The first-order valence-corrected chi connectivity index (χ1v) is 9.12. The van der Waals surface area contributed by atoms with Crippen LogP contribution < -0.4 is 15.6 Å². The summed E-state index contributed by atoms with van der Waals surface area (Å²) in [5, 5.41) is 0. The van der Waals surface area contributed by atoms with Crippen LogP contribution in [0.15, 0.2) is 24.3 Å². The van der Waals surface area contributed by atoms with E-state index in [1.54, 1.807) is 24.3 Å². The summed E-state index contributed by atoms with van der Waals surface area (Å²) in [6.45, 7) is 11.1. The van der Waals surface area contributed by atoms with Crippen LogP contribution in [-0.2, 0) is 4.79 Å². The molecule has 24 heavy (non-hydrogen) atoms. The van der Waals surface area contributed by atoms with Crippen LogP contribution >= 0.6 is 11.8 Å². The quantitative estimate of drug-likeness (QED) is 0.738. The molecule has 0 bridgehead atoms. The van der Waals surface area contributed by atoms with Crippen molar-refractivity contribution >= 4 is 23.6 Å². The second-order valence-electron chi connectivity index (χ2n) is 6.96. The van der Waals surface area contributed by atoms with Gasteiger partial charge in [0, 0.05) is 10.3 Å². The summed E-state index contributed by atoms with van der Waals surface area (Å²) in [4.78, 5) is 23.7. The minimum atomic E-state index is -0.349. The molecule has 1 aromatic carbocycles. The van der Waals surface area contributed by atoms with E-state index in [2.05, 4.69) is 24.7 Å². The Balaban J connectivity index is 2.38. The van der Waals surface area contributed by atoms with Gasteiger partial charge in [-0.05, 0) is 36.6 Å². The molecule has 0 fully saturated rings. The Hall–Kier alpha value is -1.69. The molecule has 0 saturated heterocycles. The Morgan fingerprint density at radius 2 is 1.75 bits per heavy atom. The Labute approximate surface area is 148 Å².